The Bertz CT molecular complexity index is 3920. The third-order valence-electron chi connectivity index (χ3n) is 14.4. The topological polar surface area (TPSA) is 307 Å². The minimum Gasteiger partial charge on any atom is -0.496 e. The zero-order valence-corrected chi connectivity index (χ0v) is 52.9. The number of hydrogen-bond acceptors (Lipinski definition) is 16. The van der Waals surface area contributed by atoms with Crippen LogP contribution < -0.4 is 41.3 Å². The van der Waals surface area contributed by atoms with E-state index in [1.54, 1.807) is 38.5 Å². The highest BCUT2D eigenvalue weighted by Crippen LogP contribution is 2.52. The molecule has 4 atom stereocenters. The normalized spacial score (nSPS) is 12.1. The molecule has 0 heterocycles. The highest BCUT2D eigenvalue weighted by molar-refractivity contribution is 7.86. The molecule has 22 heteroatoms. The molecule has 10 aromatic rings. The lowest BCUT2D eigenvalue weighted by atomic mass is 10.0. The van der Waals surface area contributed by atoms with Gasteiger partial charge in [0.1, 0.15) is 11.5 Å². The van der Waals surface area contributed by atoms with Crippen molar-refractivity contribution in [2.24, 2.45) is 0 Å². The predicted octanol–water partition coefficient (Wildman–Crippen LogP) is 9.86. The van der Waals surface area contributed by atoms with Crippen molar-refractivity contribution >= 4 is 93.9 Å². The molecule has 10 rings (SSSR count). The van der Waals surface area contributed by atoms with Crippen molar-refractivity contribution < 1.29 is 96.3 Å². The van der Waals surface area contributed by atoms with Crippen LogP contribution in [-0.4, -0.2) is 107 Å². The molecule has 0 aliphatic carbocycles. The van der Waals surface area contributed by atoms with Crippen molar-refractivity contribution in [1.29, 1.82) is 0 Å². The Hall–Kier alpha value is -12.0. The molecule has 0 fully saturated rings. The van der Waals surface area contributed by atoms with Gasteiger partial charge in [0.15, 0.2) is 14.3 Å². The number of carboxylic acids is 4. The number of carboxylic acid groups (broad SMARTS) is 4. The SMILES string of the molecule is COc1cccc(P(=O)(c2ccccc2)c2ccccc2)c1-c1c(OC)cccc1P(=O)(c1ccccc1)c1ccccc1.O=C(O[C@@H](C(=O)O)[C@@H](OC(=O)c1ccccc1)C(=O)O)c1ccccc1.O=C(O[C@@H](C(=O)O)[C@@H](OC(=O)c1ccccc1)C(=O)O)c1ccccc1. The van der Waals surface area contributed by atoms with Crippen LogP contribution in [0, 0.1) is 0 Å². The number of hydrogen-bond donors (Lipinski definition) is 4. The lowest BCUT2D eigenvalue weighted by Crippen LogP contribution is -2.45. The van der Waals surface area contributed by atoms with Gasteiger partial charge in [-0.2, -0.15) is 0 Å². The second-order valence-electron chi connectivity index (χ2n) is 20.4. The summed E-state index contributed by atoms with van der Waals surface area (Å²) >= 11 is 0. The van der Waals surface area contributed by atoms with E-state index in [1.165, 1.54) is 97.1 Å². The van der Waals surface area contributed by atoms with Crippen LogP contribution >= 0.6 is 14.3 Å². The van der Waals surface area contributed by atoms with Gasteiger partial charge in [-0.25, -0.2) is 38.4 Å². The van der Waals surface area contributed by atoms with E-state index in [0.717, 1.165) is 0 Å². The zero-order chi connectivity index (χ0) is 68.8. The fourth-order valence-corrected chi connectivity index (χ4v) is 15.6. The van der Waals surface area contributed by atoms with E-state index in [4.69, 9.17) is 28.4 Å². The number of aliphatic carboxylic acids is 4. The molecule has 0 bridgehead atoms. The number of methoxy groups -OCH3 is 2. The highest BCUT2D eigenvalue weighted by Gasteiger charge is 2.43. The summed E-state index contributed by atoms with van der Waals surface area (Å²) in [6.45, 7) is 0. The summed E-state index contributed by atoms with van der Waals surface area (Å²) in [7, 11) is -3.78. The van der Waals surface area contributed by atoms with Gasteiger partial charge < -0.3 is 58.0 Å². The number of carbonyl (C=O) groups excluding carboxylic acids is 4. The van der Waals surface area contributed by atoms with Crippen molar-refractivity contribution in [2.75, 3.05) is 14.2 Å². The Labute approximate surface area is 550 Å². The Morgan fingerprint density at radius 3 is 0.635 bits per heavy atom. The van der Waals surface area contributed by atoms with Crippen LogP contribution in [0.2, 0.25) is 0 Å². The number of rotatable bonds is 23. The molecule has 0 saturated carbocycles. The van der Waals surface area contributed by atoms with E-state index in [9.17, 15) is 58.8 Å². The number of benzene rings is 10. The molecule has 0 amide bonds. The zero-order valence-electron chi connectivity index (χ0n) is 51.1. The second kappa shape index (κ2) is 33.0. The van der Waals surface area contributed by atoms with E-state index in [1.807, 2.05) is 158 Å². The van der Waals surface area contributed by atoms with Gasteiger partial charge in [-0.05, 0) is 72.8 Å². The van der Waals surface area contributed by atoms with Crippen LogP contribution in [0.15, 0.2) is 279 Å². The summed E-state index contributed by atoms with van der Waals surface area (Å²) in [5.74, 6) is -10.3. The fourth-order valence-electron chi connectivity index (χ4n) is 9.81. The molecular formula is C74H60O20P2. The molecule has 0 unspecified atom stereocenters. The lowest BCUT2D eigenvalue weighted by Gasteiger charge is -2.28. The summed E-state index contributed by atoms with van der Waals surface area (Å²) in [5.41, 5.74) is 1.28. The van der Waals surface area contributed by atoms with Gasteiger partial charge in [-0.15, -0.1) is 0 Å². The van der Waals surface area contributed by atoms with Crippen LogP contribution in [0.1, 0.15) is 41.4 Å². The van der Waals surface area contributed by atoms with E-state index in [2.05, 4.69) is 0 Å². The van der Waals surface area contributed by atoms with Crippen molar-refractivity contribution in [3.63, 3.8) is 0 Å². The molecule has 10 aromatic carbocycles. The summed E-state index contributed by atoms with van der Waals surface area (Å²) in [4.78, 5) is 93.7. The van der Waals surface area contributed by atoms with Gasteiger partial charge in [0.2, 0.25) is 24.4 Å². The Morgan fingerprint density at radius 1 is 0.271 bits per heavy atom. The number of esters is 4. The van der Waals surface area contributed by atoms with Gasteiger partial charge in [-0.1, -0.05) is 206 Å². The Kier molecular flexibility index (Phi) is 24.1. The van der Waals surface area contributed by atoms with Crippen molar-refractivity contribution in [3.05, 3.63) is 301 Å². The maximum atomic E-state index is 15.8. The maximum absolute atomic E-state index is 15.8. The van der Waals surface area contributed by atoms with Crippen LogP contribution in [0.4, 0.5) is 0 Å². The van der Waals surface area contributed by atoms with E-state index < -0.39 is 86.5 Å². The van der Waals surface area contributed by atoms with E-state index in [-0.39, 0.29) is 22.3 Å². The highest BCUT2D eigenvalue weighted by atomic mass is 31.2. The van der Waals surface area contributed by atoms with Crippen LogP contribution in [0.5, 0.6) is 11.5 Å². The molecule has 0 aliphatic rings. The summed E-state index contributed by atoms with van der Waals surface area (Å²) in [5, 5.41) is 40.9. The maximum Gasteiger partial charge on any atom is 0.349 e. The summed E-state index contributed by atoms with van der Waals surface area (Å²) < 4.78 is 62.7. The van der Waals surface area contributed by atoms with Gasteiger partial charge in [0.05, 0.1) is 36.5 Å². The minimum atomic E-state index is -3.49. The van der Waals surface area contributed by atoms with Crippen LogP contribution in [0.3, 0.4) is 0 Å². The largest absolute Gasteiger partial charge is 0.496 e. The monoisotopic (exact) mass is 1330 g/mol. The molecule has 0 aliphatic heterocycles. The van der Waals surface area contributed by atoms with Crippen molar-refractivity contribution in [3.8, 4) is 22.6 Å². The van der Waals surface area contributed by atoms with Gasteiger partial charge in [0.25, 0.3) is 0 Å². The Balaban J connectivity index is 0.000000196. The van der Waals surface area contributed by atoms with Gasteiger partial charge >= 0.3 is 47.8 Å². The quantitative estimate of drug-likeness (QED) is 0.0263. The number of ether oxygens (including phenoxy) is 6. The number of carbonyl (C=O) groups is 8. The first-order chi connectivity index (χ1) is 46.3. The average Bonchev–Trinajstić information content (AvgIpc) is 0.725. The Morgan fingerprint density at radius 2 is 0.458 bits per heavy atom. The molecule has 0 saturated heterocycles. The smallest absolute Gasteiger partial charge is 0.349 e. The van der Waals surface area contributed by atoms with Crippen LogP contribution in [-0.2, 0) is 47.3 Å². The molecule has 0 spiro atoms. The lowest BCUT2D eigenvalue weighted by molar-refractivity contribution is -0.166. The fraction of sp³-hybridized carbons (Fsp3) is 0.0811. The molecule has 4 N–H and O–H groups in total. The van der Waals surface area contributed by atoms with Crippen molar-refractivity contribution in [1.82, 2.24) is 0 Å². The summed E-state index contributed by atoms with van der Waals surface area (Å²) in [6.07, 6.45) is -8.86. The first-order valence-electron chi connectivity index (χ1n) is 29.1. The molecule has 0 aromatic heterocycles. The second-order valence-corrected chi connectivity index (χ2v) is 25.9. The molecular weight excluding hydrogens is 1270 g/mol. The average molecular weight is 1330 g/mol. The first-order valence-corrected chi connectivity index (χ1v) is 32.5. The molecule has 486 valence electrons. The third kappa shape index (κ3) is 16.6. The standard InChI is InChI=1S/C38H32O4P2.2C18H14O8/c1-41-33-25-15-27-35(43(39,29-17-7-3-8-18-29)30-19-9-4-10-20-30)37(33)38-34(42-2)26-16-28-36(38)44(40,31-21-11-5-12-22-31)32-23-13-6-14-24-32;2*19-15(20)13(25-17(23)11-7-3-1-4-8-11)14(16(21)22)26-18(24)12-9-5-2-6-10-12/h3-28H,1-2H3;2*1-10,13-14H,(H,19,20)(H,21,22)/t;2*13-,14-/m.11/s1. The van der Waals surface area contributed by atoms with Crippen molar-refractivity contribution in [2.45, 2.75) is 24.4 Å². The van der Waals surface area contributed by atoms with E-state index in [0.29, 0.717) is 54.5 Å². The summed E-state index contributed by atoms with van der Waals surface area (Å²) in [6, 6.07) is 79.0. The predicted molar refractivity (Wildman–Crippen MR) is 357 cm³/mol. The van der Waals surface area contributed by atoms with E-state index >= 15 is 9.13 Å². The molecule has 96 heavy (non-hydrogen) atoms. The minimum absolute atomic E-state index is 0.0253. The van der Waals surface area contributed by atoms with Gasteiger partial charge in [0, 0.05) is 43.0 Å². The van der Waals surface area contributed by atoms with Gasteiger partial charge in [-0.3, -0.25) is 0 Å². The molecule has 0 radical (unpaired) electrons. The third-order valence-corrected chi connectivity index (χ3v) is 20.6. The first kappa shape index (κ1) is 69.9. The van der Waals surface area contributed by atoms with Crippen LogP contribution in [0.25, 0.3) is 11.1 Å². The molecule has 20 nitrogen and oxygen atoms in total.